The molecular formula is C24H20FN3OS. The van der Waals surface area contributed by atoms with Crippen molar-refractivity contribution in [2.75, 3.05) is 5.75 Å². The normalized spacial score (nSPS) is 10.9. The number of nitrogens with zero attached hydrogens (tertiary/aromatic N) is 3. The summed E-state index contributed by atoms with van der Waals surface area (Å²) in [5, 5.41) is 9.26. The van der Waals surface area contributed by atoms with Gasteiger partial charge in [0, 0.05) is 16.8 Å². The Morgan fingerprint density at radius 1 is 0.967 bits per heavy atom. The van der Waals surface area contributed by atoms with Crippen molar-refractivity contribution in [3.8, 4) is 17.1 Å². The van der Waals surface area contributed by atoms with E-state index in [1.54, 1.807) is 12.1 Å². The molecule has 0 fully saturated rings. The van der Waals surface area contributed by atoms with Crippen LogP contribution in [0.5, 0.6) is 0 Å². The lowest BCUT2D eigenvalue weighted by atomic mass is 10.0. The predicted molar refractivity (Wildman–Crippen MR) is 118 cm³/mol. The Labute approximate surface area is 178 Å². The quantitative estimate of drug-likeness (QED) is 0.300. The summed E-state index contributed by atoms with van der Waals surface area (Å²) in [5.41, 5.74) is 4.36. The van der Waals surface area contributed by atoms with Crippen molar-refractivity contribution in [3.05, 3.63) is 95.3 Å². The highest BCUT2D eigenvalue weighted by Crippen LogP contribution is 2.28. The molecule has 0 unspecified atom stereocenters. The molecule has 4 rings (SSSR count). The summed E-state index contributed by atoms with van der Waals surface area (Å²) < 4.78 is 15.3. The molecule has 0 radical (unpaired) electrons. The average molecular weight is 418 g/mol. The lowest BCUT2D eigenvalue weighted by Crippen LogP contribution is -2.07. The number of carbonyl (C=O) groups is 1. The van der Waals surface area contributed by atoms with Gasteiger partial charge in [-0.2, -0.15) is 0 Å². The van der Waals surface area contributed by atoms with Gasteiger partial charge in [0.25, 0.3) is 0 Å². The van der Waals surface area contributed by atoms with E-state index < -0.39 is 0 Å². The molecule has 0 saturated carbocycles. The van der Waals surface area contributed by atoms with E-state index in [0.29, 0.717) is 11.0 Å². The van der Waals surface area contributed by atoms with Crippen LogP contribution in [0.4, 0.5) is 4.39 Å². The summed E-state index contributed by atoms with van der Waals surface area (Å²) in [6, 6.07) is 21.7. The van der Waals surface area contributed by atoms with Crippen molar-refractivity contribution in [2.24, 2.45) is 0 Å². The van der Waals surface area contributed by atoms with Gasteiger partial charge in [0.15, 0.2) is 16.8 Å². The fraction of sp³-hybridized carbons (Fsp3) is 0.125. The van der Waals surface area contributed by atoms with Crippen LogP contribution in [0.1, 0.15) is 21.5 Å². The molecular weight excluding hydrogens is 397 g/mol. The Bertz CT molecular complexity index is 1190. The minimum atomic E-state index is -0.313. The third-order valence-electron chi connectivity index (χ3n) is 4.78. The second-order valence-corrected chi connectivity index (χ2v) is 7.96. The zero-order valence-corrected chi connectivity index (χ0v) is 17.5. The summed E-state index contributed by atoms with van der Waals surface area (Å²) in [7, 11) is 0. The van der Waals surface area contributed by atoms with Crippen LogP contribution in [0.25, 0.3) is 17.1 Å². The molecule has 1 heterocycles. The maximum absolute atomic E-state index is 13.5. The topological polar surface area (TPSA) is 47.8 Å². The van der Waals surface area contributed by atoms with Crippen LogP contribution in [0.2, 0.25) is 0 Å². The van der Waals surface area contributed by atoms with Crippen LogP contribution in [0, 0.1) is 19.7 Å². The molecule has 30 heavy (non-hydrogen) atoms. The van der Waals surface area contributed by atoms with E-state index in [1.165, 1.54) is 23.9 Å². The van der Waals surface area contributed by atoms with Gasteiger partial charge >= 0.3 is 0 Å². The predicted octanol–water partition coefficient (Wildman–Crippen LogP) is 5.67. The van der Waals surface area contributed by atoms with Crippen LogP contribution >= 0.6 is 11.8 Å². The first-order valence-electron chi connectivity index (χ1n) is 9.53. The maximum atomic E-state index is 13.5. The highest BCUT2D eigenvalue weighted by molar-refractivity contribution is 7.99. The molecule has 0 saturated heterocycles. The highest BCUT2D eigenvalue weighted by Gasteiger charge is 2.18. The second-order valence-electron chi connectivity index (χ2n) is 7.01. The van der Waals surface area contributed by atoms with Crippen molar-refractivity contribution >= 4 is 17.5 Å². The third-order valence-corrected chi connectivity index (χ3v) is 5.70. The summed E-state index contributed by atoms with van der Waals surface area (Å²) >= 11 is 1.33. The Balaban J connectivity index is 1.68. The fourth-order valence-corrected chi connectivity index (χ4v) is 4.04. The standard InChI is InChI=1S/C24H20FN3OS/c1-16-8-9-17(2)21(14-16)22(29)15-30-24-27-26-23(18-6-4-3-5-7-18)28(24)20-12-10-19(25)11-13-20/h3-14H,15H2,1-2H3. The lowest BCUT2D eigenvalue weighted by molar-refractivity contribution is 0.102. The van der Waals surface area contributed by atoms with E-state index in [0.717, 1.165) is 27.9 Å². The molecule has 1 aromatic heterocycles. The molecule has 0 amide bonds. The minimum Gasteiger partial charge on any atom is -0.293 e. The third kappa shape index (κ3) is 4.19. The zero-order chi connectivity index (χ0) is 21.1. The molecule has 150 valence electrons. The van der Waals surface area contributed by atoms with Crippen LogP contribution in [0.3, 0.4) is 0 Å². The van der Waals surface area contributed by atoms with Gasteiger partial charge in [0.2, 0.25) is 0 Å². The number of benzene rings is 3. The minimum absolute atomic E-state index is 0.0381. The van der Waals surface area contributed by atoms with E-state index in [4.69, 9.17) is 0 Å². The summed E-state index contributed by atoms with van der Waals surface area (Å²) in [6.07, 6.45) is 0. The number of aryl methyl sites for hydroxylation is 2. The van der Waals surface area contributed by atoms with Crippen molar-refractivity contribution in [1.29, 1.82) is 0 Å². The van der Waals surface area contributed by atoms with Crippen molar-refractivity contribution < 1.29 is 9.18 Å². The van der Waals surface area contributed by atoms with Gasteiger partial charge in [-0.25, -0.2) is 4.39 Å². The number of rotatable bonds is 6. The number of thioether (sulfide) groups is 1. The van der Waals surface area contributed by atoms with Gasteiger partial charge in [-0.15, -0.1) is 10.2 Å². The zero-order valence-electron chi connectivity index (χ0n) is 16.7. The summed E-state index contributed by atoms with van der Waals surface area (Å²) in [6.45, 7) is 3.91. The molecule has 6 heteroatoms. The monoisotopic (exact) mass is 417 g/mol. The SMILES string of the molecule is Cc1ccc(C)c(C(=O)CSc2nnc(-c3ccccc3)n2-c2ccc(F)cc2)c1. The summed E-state index contributed by atoms with van der Waals surface area (Å²) in [5.74, 6) is 0.602. The molecule has 0 spiro atoms. The van der Waals surface area contributed by atoms with Crippen LogP contribution in [-0.4, -0.2) is 26.3 Å². The smallest absolute Gasteiger partial charge is 0.196 e. The van der Waals surface area contributed by atoms with E-state index in [2.05, 4.69) is 10.2 Å². The lowest BCUT2D eigenvalue weighted by Gasteiger charge is -2.11. The number of hydrogen-bond donors (Lipinski definition) is 0. The molecule has 0 atom stereocenters. The first kappa shape index (κ1) is 20.0. The van der Waals surface area contributed by atoms with Crippen molar-refractivity contribution in [3.63, 3.8) is 0 Å². The Morgan fingerprint density at radius 3 is 2.43 bits per heavy atom. The number of halogens is 1. The average Bonchev–Trinajstić information content (AvgIpc) is 3.19. The molecule has 0 aliphatic rings. The van der Waals surface area contributed by atoms with E-state index in [9.17, 15) is 9.18 Å². The molecule has 0 aliphatic carbocycles. The molecule has 4 aromatic rings. The summed E-state index contributed by atoms with van der Waals surface area (Å²) in [4.78, 5) is 12.8. The van der Waals surface area contributed by atoms with Gasteiger partial charge in [-0.05, 0) is 49.7 Å². The number of carbonyl (C=O) groups excluding carboxylic acids is 1. The van der Waals surface area contributed by atoms with Crippen LogP contribution < -0.4 is 0 Å². The molecule has 0 N–H and O–H groups in total. The molecule has 3 aromatic carbocycles. The van der Waals surface area contributed by atoms with Gasteiger partial charge in [-0.1, -0.05) is 59.8 Å². The van der Waals surface area contributed by atoms with Crippen LogP contribution in [0.15, 0.2) is 78.0 Å². The van der Waals surface area contributed by atoms with E-state index >= 15 is 0 Å². The Morgan fingerprint density at radius 2 is 1.70 bits per heavy atom. The van der Waals surface area contributed by atoms with Crippen LogP contribution in [-0.2, 0) is 0 Å². The fourth-order valence-electron chi connectivity index (χ4n) is 3.20. The van der Waals surface area contributed by atoms with Gasteiger partial charge in [0.05, 0.1) is 5.75 Å². The van der Waals surface area contributed by atoms with Gasteiger partial charge in [-0.3, -0.25) is 9.36 Å². The Kier molecular flexibility index (Phi) is 5.77. The number of hydrogen-bond acceptors (Lipinski definition) is 4. The number of aromatic nitrogens is 3. The first-order chi connectivity index (χ1) is 14.5. The maximum Gasteiger partial charge on any atom is 0.196 e. The van der Waals surface area contributed by atoms with Crippen molar-refractivity contribution in [2.45, 2.75) is 19.0 Å². The number of Topliss-reactive ketones (excluding diaryl/α,β-unsaturated/α-hetero) is 1. The van der Waals surface area contributed by atoms with E-state index in [-0.39, 0.29) is 17.4 Å². The molecule has 0 aliphatic heterocycles. The van der Waals surface area contributed by atoms with Gasteiger partial charge in [0.1, 0.15) is 5.82 Å². The van der Waals surface area contributed by atoms with Crippen molar-refractivity contribution in [1.82, 2.24) is 14.8 Å². The second kappa shape index (κ2) is 8.63. The Hall–Kier alpha value is -3.25. The first-order valence-corrected chi connectivity index (χ1v) is 10.5. The molecule has 0 bridgehead atoms. The van der Waals surface area contributed by atoms with Gasteiger partial charge < -0.3 is 0 Å². The highest BCUT2D eigenvalue weighted by atomic mass is 32.2. The largest absolute Gasteiger partial charge is 0.293 e. The molecule has 4 nitrogen and oxygen atoms in total. The van der Waals surface area contributed by atoms with E-state index in [1.807, 2.05) is 66.9 Å². The number of ketones is 1.